The summed E-state index contributed by atoms with van der Waals surface area (Å²) in [5.74, 6) is 0. The first-order chi connectivity index (χ1) is 4.00. The van der Waals surface area contributed by atoms with Crippen molar-refractivity contribution >= 4 is 23.0 Å². The van der Waals surface area contributed by atoms with Crippen LogP contribution in [0, 0.1) is 0 Å². The molecular formula is C5H15IN2O. The highest BCUT2D eigenvalue weighted by Gasteiger charge is 1.73. The van der Waals surface area contributed by atoms with Crippen LogP contribution in [-0.2, 0) is 3.17 Å². The van der Waals surface area contributed by atoms with Crippen LogP contribution in [-0.4, -0.2) is 45.2 Å². The Kier molecular flexibility index (Phi) is 11.8. The van der Waals surface area contributed by atoms with Crippen molar-refractivity contribution in [3.8, 4) is 0 Å². The van der Waals surface area contributed by atoms with Gasteiger partial charge in [-0.3, -0.25) is 0 Å². The lowest BCUT2D eigenvalue weighted by molar-refractivity contribution is 0.0555. The second kappa shape index (κ2) is 8.61. The van der Waals surface area contributed by atoms with Gasteiger partial charge < -0.3 is 4.90 Å². The molecule has 0 aliphatic rings. The number of nitrogens with zero attached hydrogens (tertiary/aromatic N) is 2. The van der Waals surface area contributed by atoms with Gasteiger partial charge in [0.05, 0.1) is 0 Å². The van der Waals surface area contributed by atoms with Crippen LogP contribution in [0.25, 0.3) is 0 Å². The van der Waals surface area contributed by atoms with Crippen LogP contribution < -0.4 is 0 Å². The van der Waals surface area contributed by atoms with E-state index in [1.165, 1.54) is 0 Å². The second-order valence-electron chi connectivity index (χ2n) is 2.22. The molecule has 0 amide bonds. The van der Waals surface area contributed by atoms with Crippen LogP contribution in [0.5, 0.6) is 0 Å². The maximum Gasteiger partial charge on any atom is 0.137 e. The number of rotatable bonds is 1. The zero-order chi connectivity index (χ0) is 7.86. The van der Waals surface area contributed by atoms with Gasteiger partial charge in [0.1, 0.15) is 23.0 Å². The molecule has 0 fully saturated rings. The van der Waals surface area contributed by atoms with Gasteiger partial charge in [-0.1, -0.05) is 0 Å². The van der Waals surface area contributed by atoms with Gasteiger partial charge in [0, 0.05) is 14.1 Å². The summed E-state index contributed by atoms with van der Waals surface area (Å²) in [7, 11) is 9.65. The molecule has 0 saturated heterocycles. The van der Waals surface area contributed by atoms with Gasteiger partial charge in [0.15, 0.2) is 0 Å². The molecule has 0 saturated carbocycles. The van der Waals surface area contributed by atoms with Gasteiger partial charge in [0.2, 0.25) is 0 Å². The molecule has 0 heterocycles. The van der Waals surface area contributed by atoms with Crippen molar-refractivity contribution in [2.45, 2.75) is 0 Å². The van der Waals surface area contributed by atoms with Crippen molar-refractivity contribution in [2.24, 2.45) is 0 Å². The smallest absolute Gasteiger partial charge is 0.137 e. The topological polar surface area (TPSA) is 15.7 Å². The summed E-state index contributed by atoms with van der Waals surface area (Å²) in [6.45, 7) is 0. The number of hydroxylamine groups is 2. The Morgan fingerprint density at radius 2 is 1.11 bits per heavy atom. The zero-order valence-electron chi connectivity index (χ0n) is 6.68. The zero-order valence-corrected chi connectivity index (χ0v) is 8.84. The molecule has 0 aliphatic carbocycles. The third kappa shape index (κ3) is 55.2. The Hall–Kier alpha value is 0.610. The normalized spacial score (nSPS) is 9.33. The van der Waals surface area contributed by atoms with Crippen LogP contribution in [0.2, 0.25) is 0 Å². The van der Waals surface area contributed by atoms with E-state index < -0.39 is 0 Å². The Morgan fingerprint density at radius 3 is 1.11 bits per heavy atom. The molecule has 3 nitrogen and oxygen atoms in total. The fourth-order valence-electron chi connectivity index (χ4n) is 0. The maximum absolute atomic E-state index is 4.55. The number of halogens is 1. The minimum atomic E-state index is 1.61. The summed E-state index contributed by atoms with van der Waals surface area (Å²) in [6.07, 6.45) is 0. The monoisotopic (exact) mass is 246 g/mol. The Morgan fingerprint density at radius 1 is 1.00 bits per heavy atom. The highest BCUT2D eigenvalue weighted by atomic mass is 127. The average Bonchev–Trinajstić information content (AvgIpc) is 1.65. The Labute approximate surface area is 71.6 Å². The molecule has 0 bridgehead atoms. The highest BCUT2D eigenvalue weighted by molar-refractivity contribution is 14.1. The fraction of sp³-hybridized carbons (Fsp3) is 1.00. The van der Waals surface area contributed by atoms with E-state index in [0.717, 1.165) is 0 Å². The van der Waals surface area contributed by atoms with Crippen molar-refractivity contribution in [1.29, 1.82) is 0 Å². The van der Waals surface area contributed by atoms with Gasteiger partial charge in [-0.2, -0.15) is 5.06 Å². The Balaban J connectivity index is 0. The molecule has 0 atom stereocenters. The van der Waals surface area contributed by atoms with Crippen molar-refractivity contribution < 1.29 is 3.17 Å². The van der Waals surface area contributed by atoms with E-state index in [9.17, 15) is 0 Å². The summed E-state index contributed by atoms with van der Waals surface area (Å²) in [6, 6.07) is 0. The predicted molar refractivity (Wildman–Crippen MR) is 48.4 cm³/mol. The van der Waals surface area contributed by atoms with E-state index >= 15 is 0 Å². The van der Waals surface area contributed by atoms with Crippen LogP contribution in [0.3, 0.4) is 0 Å². The first-order valence-corrected chi connectivity index (χ1v) is 3.45. The molecule has 0 aromatic rings. The van der Waals surface area contributed by atoms with Crippen LogP contribution in [0.4, 0.5) is 0 Å². The molecule has 0 radical (unpaired) electrons. The molecule has 9 heavy (non-hydrogen) atoms. The average molecular weight is 246 g/mol. The molecule has 0 N–H and O–H groups in total. The summed E-state index contributed by atoms with van der Waals surface area (Å²) < 4.78 is 4.55. The molecule has 0 rings (SSSR count). The van der Waals surface area contributed by atoms with Crippen molar-refractivity contribution in [2.75, 3.05) is 35.2 Å². The molecule has 0 unspecified atom stereocenters. The van der Waals surface area contributed by atoms with Crippen molar-refractivity contribution in [3.63, 3.8) is 0 Å². The lowest BCUT2D eigenvalue weighted by Crippen LogP contribution is -2.03. The number of hydrogen-bond acceptors (Lipinski definition) is 3. The van der Waals surface area contributed by atoms with E-state index in [2.05, 4.69) is 3.17 Å². The molecule has 0 aliphatic heterocycles. The van der Waals surface area contributed by atoms with Gasteiger partial charge in [0.25, 0.3) is 0 Å². The number of hydrogen-bond donors (Lipinski definition) is 0. The van der Waals surface area contributed by atoms with E-state index in [4.69, 9.17) is 0 Å². The van der Waals surface area contributed by atoms with Crippen LogP contribution in [0.15, 0.2) is 0 Å². The standard InChI is InChI=1S/C3H9N.C2H6INO/c1-4(2)3;1-4(2)5-3/h1-3H3;1-2H3. The predicted octanol–water partition coefficient (Wildman–Crippen LogP) is 1.01. The first kappa shape index (κ1) is 12.3. The summed E-state index contributed by atoms with van der Waals surface area (Å²) in [4.78, 5) is 2.00. The summed E-state index contributed by atoms with van der Waals surface area (Å²) >= 11 is 1.80. The molecule has 58 valence electrons. The molecule has 0 spiro atoms. The van der Waals surface area contributed by atoms with Crippen LogP contribution in [0.1, 0.15) is 0 Å². The highest BCUT2D eigenvalue weighted by Crippen LogP contribution is 1.84. The first-order valence-electron chi connectivity index (χ1n) is 2.57. The van der Waals surface area contributed by atoms with E-state index in [-0.39, 0.29) is 0 Å². The van der Waals surface area contributed by atoms with Gasteiger partial charge in [-0.15, -0.1) is 0 Å². The van der Waals surface area contributed by atoms with E-state index in [1.807, 2.05) is 40.1 Å². The lowest BCUT2D eigenvalue weighted by Gasteiger charge is -1.97. The molecule has 0 aromatic heterocycles. The quantitative estimate of drug-likeness (QED) is 0.507. The Bertz CT molecular complexity index is 47.5. The minimum absolute atomic E-state index is 1.61. The van der Waals surface area contributed by atoms with Gasteiger partial charge >= 0.3 is 0 Å². The summed E-state index contributed by atoms with van der Waals surface area (Å²) in [5.41, 5.74) is 0. The SMILES string of the molecule is CN(C)C.CN(C)OI. The maximum atomic E-state index is 4.55. The third-order valence-electron chi connectivity index (χ3n) is 0.138. The lowest BCUT2D eigenvalue weighted by atomic mass is 11.0. The summed E-state index contributed by atoms with van der Waals surface area (Å²) in [5, 5.41) is 1.61. The van der Waals surface area contributed by atoms with Crippen LogP contribution >= 0.6 is 23.0 Å². The van der Waals surface area contributed by atoms with Gasteiger partial charge in [-0.05, 0) is 21.1 Å². The fourth-order valence-corrected chi connectivity index (χ4v) is 0. The molecule has 4 heteroatoms. The minimum Gasteiger partial charge on any atom is -0.312 e. The van der Waals surface area contributed by atoms with Crippen molar-refractivity contribution in [1.82, 2.24) is 9.96 Å². The third-order valence-corrected chi connectivity index (χ3v) is 0.926. The molecular weight excluding hydrogens is 231 g/mol. The largest absolute Gasteiger partial charge is 0.312 e. The van der Waals surface area contributed by atoms with E-state index in [1.54, 1.807) is 28.1 Å². The van der Waals surface area contributed by atoms with Crippen molar-refractivity contribution in [3.05, 3.63) is 0 Å². The van der Waals surface area contributed by atoms with E-state index in [0.29, 0.717) is 0 Å². The second-order valence-corrected chi connectivity index (χ2v) is 2.62. The van der Waals surface area contributed by atoms with Gasteiger partial charge in [-0.25, -0.2) is 3.17 Å². The molecule has 0 aromatic carbocycles.